The Morgan fingerprint density at radius 2 is 2.19 bits per heavy atom. The van der Waals surface area contributed by atoms with Gasteiger partial charge in [0.15, 0.2) is 0 Å². The fourth-order valence-corrected chi connectivity index (χ4v) is 4.67. The lowest BCUT2D eigenvalue weighted by Crippen LogP contribution is -2.34. The van der Waals surface area contributed by atoms with Crippen LogP contribution >= 0.6 is 12.2 Å². The summed E-state index contributed by atoms with van der Waals surface area (Å²) in [6.45, 7) is 2.01. The van der Waals surface area contributed by atoms with E-state index >= 15 is 0 Å². The van der Waals surface area contributed by atoms with Crippen molar-refractivity contribution in [2.75, 3.05) is 39.6 Å². The molecule has 0 saturated carbocycles. The van der Waals surface area contributed by atoms with Gasteiger partial charge in [-0.25, -0.2) is 14.1 Å². The van der Waals surface area contributed by atoms with Gasteiger partial charge in [-0.05, 0) is 62.0 Å². The molecule has 2 aliphatic rings. The van der Waals surface area contributed by atoms with Crippen LogP contribution in [-0.4, -0.2) is 61.3 Å². The number of hydrogen-bond donors (Lipinski definition) is 2. The summed E-state index contributed by atoms with van der Waals surface area (Å²) in [7, 11) is 5.59. The molecule has 1 aliphatic carbocycles. The Balaban J connectivity index is 1.44. The zero-order valence-electron chi connectivity index (χ0n) is 18.2. The minimum atomic E-state index is -0.315. The van der Waals surface area contributed by atoms with Gasteiger partial charge in [-0.2, -0.15) is 5.06 Å². The monoisotopic (exact) mass is 443 g/mol. The largest absolute Gasteiger partial charge is 0.481 e. The van der Waals surface area contributed by atoms with Gasteiger partial charge >= 0.3 is 6.03 Å². The first-order valence-corrected chi connectivity index (χ1v) is 11.3. The fourth-order valence-electron chi connectivity index (χ4n) is 4.26. The Morgan fingerprint density at radius 1 is 1.32 bits per heavy atom. The zero-order chi connectivity index (χ0) is 21.8. The number of amides is 2. The molecule has 8 nitrogen and oxygen atoms in total. The number of aromatic nitrogens is 1. The molecular weight excluding hydrogens is 414 g/mol. The van der Waals surface area contributed by atoms with E-state index in [-0.39, 0.29) is 6.03 Å². The molecule has 1 atom stereocenters. The van der Waals surface area contributed by atoms with Crippen LogP contribution in [0.15, 0.2) is 30.5 Å². The molecule has 2 amide bonds. The van der Waals surface area contributed by atoms with E-state index in [4.69, 9.17) is 9.02 Å². The number of carbonyl (C=O) groups is 1. The third-order valence-corrected chi connectivity index (χ3v) is 6.52. The van der Waals surface area contributed by atoms with Crippen LogP contribution in [-0.2, 0) is 17.1 Å². The lowest BCUT2D eigenvalue weighted by molar-refractivity contribution is -0.0468. The average molecular weight is 444 g/mol. The van der Waals surface area contributed by atoms with Crippen LogP contribution in [0.2, 0.25) is 0 Å². The van der Waals surface area contributed by atoms with Gasteiger partial charge < -0.3 is 15.0 Å². The van der Waals surface area contributed by atoms with Crippen molar-refractivity contribution in [1.82, 2.24) is 19.7 Å². The number of hydrogen-bond acceptors (Lipinski definition) is 7. The minimum absolute atomic E-state index is 0.315. The maximum Gasteiger partial charge on any atom is 0.331 e. The summed E-state index contributed by atoms with van der Waals surface area (Å²) in [5, 5.41) is 4.87. The number of nitrogens with zero attached hydrogens (tertiary/aromatic N) is 3. The number of likely N-dealkylation sites (N-methyl/N-ethyl adjacent to an activating group) is 2. The molecule has 1 unspecified atom stereocenters. The van der Waals surface area contributed by atoms with Gasteiger partial charge in [0, 0.05) is 31.4 Å². The van der Waals surface area contributed by atoms with Crippen LogP contribution in [0.3, 0.4) is 0 Å². The van der Waals surface area contributed by atoms with Crippen molar-refractivity contribution >= 4 is 23.9 Å². The lowest BCUT2D eigenvalue weighted by Gasteiger charge is -2.22. The highest BCUT2D eigenvalue weighted by molar-refractivity contribution is 7.93. The van der Waals surface area contributed by atoms with Crippen LogP contribution in [0.4, 0.5) is 10.5 Å². The van der Waals surface area contributed by atoms with Gasteiger partial charge in [-0.15, -0.1) is 0 Å². The van der Waals surface area contributed by atoms with Crippen molar-refractivity contribution < 1.29 is 13.8 Å². The molecule has 1 aromatic heterocycles. The summed E-state index contributed by atoms with van der Waals surface area (Å²) in [5.41, 5.74) is 5.22. The fraction of sp³-hybridized carbons (Fsp3) is 0.455. The maximum absolute atomic E-state index is 12.7. The Morgan fingerprint density at radius 3 is 2.97 bits per heavy atom. The van der Waals surface area contributed by atoms with Crippen LogP contribution < -0.4 is 14.8 Å². The van der Waals surface area contributed by atoms with Crippen LogP contribution in [0.25, 0.3) is 11.1 Å². The molecule has 4 rings (SSSR count). The molecule has 31 heavy (non-hydrogen) atoms. The third kappa shape index (κ3) is 5.12. The van der Waals surface area contributed by atoms with Crippen molar-refractivity contribution in [3.05, 3.63) is 41.6 Å². The first-order chi connectivity index (χ1) is 15.0. The molecule has 1 aromatic carbocycles. The highest BCUT2D eigenvalue weighted by Crippen LogP contribution is 2.38. The van der Waals surface area contributed by atoms with Crippen molar-refractivity contribution in [1.29, 1.82) is 0 Å². The Hall–Kier alpha value is -2.33. The smallest absolute Gasteiger partial charge is 0.331 e. The Kier molecular flexibility index (Phi) is 6.96. The van der Waals surface area contributed by atoms with Gasteiger partial charge in [0.2, 0.25) is 5.88 Å². The number of aryl methyl sites for hydroxylation is 1. The number of methoxy groups -OCH3 is 1. The minimum Gasteiger partial charge on any atom is -0.481 e. The topological polar surface area (TPSA) is 79.0 Å². The number of carbonyl (C=O) groups excluding carboxylic acids is 1. The highest BCUT2D eigenvalue weighted by atomic mass is 32.2. The first-order valence-electron chi connectivity index (χ1n) is 10.5. The van der Waals surface area contributed by atoms with Gasteiger partial charge in [0.1, 0.15) is 12.2 Å². The summed E-state index contributed by atoms with van der Waals surface area (Å²) in [6, 6.07) is 8.03. The van der Waals surface area contributed by atoms with Crippen LogP contribution in [0.1, 0.15) is 24.0 Å². The van der Waals surface area contributed by atoms with E-state index in [0.717, 1.165) is 67.8 Å². The molecule has 2 heterocycles. The second-order valence-corrected chi connectivity index (χ2v) is 8.55. The number of hydroxylamine groups is 2. The normalized spacial score (nSPS) is 18.3. The van der Waals surface area contributed by atoms with Gasteiger partial charge in [0.05, 0.1) is 18.8 Å². The lowest BCUT2D eigenvalue weighted by atomic mass is 9.98. The van der Waals surface area contributed by atoms with Gasteiger partial charge in [-0.1, -0.05) is 12.1 Å². The van der Waals surface area contributed by atoms with Crippen molar-refractivity contribution in [3.8, 4) is 17.0 Å². The summed E-state index contributed by atoms with van der Waals surface area (Å²) < 4.78 is 13.7. The summed E-state index contributed by atoms with van der Waals surface area (Å²) >= 11 is 0.933. The van der Waals surface area contributed by atoms with E-state index in [9.17, 15) is 4.79 Å². The molecule has 1 aliphatic heterocycles. The van der Waals surface area contributed by atoms with E-state index in [2.05, 4.69) is 39.1 Å². The molecule has 1 saturated heterocycles. The average Bonchev–Trinajstić information content (AvgIpc) is 3.43. The number of urea groups is 1. The number of anilines is 1. The second-order valence-electron chi connectivity index (χ2n) is 8.03. The number of likely N-dealkylation sites (tertiary alicyclic amines) is 1. The number of ether oxygens (including phenoxy) is 1. The number of nitrogens with one attached hydrogen (secondary N) is 2. The third-order valence-electron chi connectivity index (χ3n) is 5.95. The Bertz CT molecular complexity index is 941. The standard InChI is InChI=1S/C22H29N5O3S/c1-26-12-10-17(14-26)27(2)30-31-25-22(28)24-21-18-6-4-5-15(18)7-8-19(21)16-9-11-23-20(13-16)29-3/h7-9,11,13,17H,4-6,10,12,14H2,1-3H3,(H2,24,25,28). The molecule has 2 aromatic rings. The number of rotatable bonds is 7. The Labute approximate surface area is 187 Å². The quantitative estimate of drug-likeness (QED) is 0.385. The van der Waals surface area contributed by atoms with E-state index in [1.165, 1.54) is 11.1 Å². The number of fused-ring (bicyclic) bond motifs is 1. The van der Waals surface area contributed by atoms with Crippen LogP contribution in [0.5, 0.6) is 5.88 Å². The highest BCUT2D eigenvalue weighted by Gasteiger charge is 2.25. The molecule has 0 bridgehead atoms. The van der Waals surface area contributed by atoms with E-state index < -0.39 is 0 Å². The number of benzene rings is 1. The van der Waals surface area contributed by atoms with E-state index in [1.54, 1.807) is 13.3 Å². The van der Waals surface area contributed by atoms with Gasteiger partial charge in [0.25, 0.3) is 0 Å². The maximum atomic E-state index is 12.7. The summed E-state index contributed by atoms with van der Waals surface area (Å²) in [5.74, 6) is 0.540. The zero-order valence-corrected chi connectivity index (χ0v) is 19.0. The molecule has 0 spiro atoms. The summed E-state index contributed by atoms with van der Waals surface area (Å²) in [6.07, 6.45) is 5.83. The van der Waals surface area contributed by atoms with Crippen molar-refractivity contribution in [2.24, 2.45) is 0 Å². The van der Waals surface area contributed by atoms with Crippen molar-refractivity contribution in [2.45, 2.75) is 31.7 Å². The molecule has 9 heteroatoms. The molecule has 0 radical (unpaired) electrons. The predicted molar refractivity (Wildman–Crippen MR) is 123 cm³/mol. The molecule has 166 valence electrons. The number of pyridine rings is 1. The first kappa shape index (κ1) is 21.9. The molecule has 1 fully saturated rings. The van der Waals surface area contributed by atoms with Gasteiger partial charge in [-0.3, -0.25) is 4.72 Å². The van der Waals surface area contributed by atoms with E-state index in [0.29, 0.717) is 11.9 Å². The van der Waals surface area contributed by atoms with Crippen LogP contribution in [0, 0.1) is 0 Å². The predicted octanol–water partition coefficient (Wildman–Crippen LogP) is 3.50. The van der Waals surface area contributed by atoms with Crippen molar-refractivity contribution in [3.63, 3.8) is 0 Å². The second kappa shape index (κ2) is 9.86. The summed E-state index contributed by atoms with van der Waals surface area (Å²) in [4.78, 5) is 19.1. The SMILES string of the molecule is COc1cc(-c2ccc3c(c2NC(=O)NSON(C)C2CCN(C)C2)CCC3)ccn1. The molecular formula is C22H29N5O3S. The molecule has 2 N–H and O–H groups in total. The van der Waals surface area contributed by atoms with E-state index in [1.807, 2.05) is 24.2 Å².